The molecule has 0 aliphatic heterocycles. The topological polar surface area (TPSA) is 57.5 Å². The monoisotopic (exact) mass is 294 g/mol. The number of carbonyl (C=O) groups is 1. The zero-order chi connectivity index (χ0) is 16.2. The standard InChI is InChI=1S/C14H10F2O3.C2H6/c1-7-4-8(5-11(13(7)17)14(18)19)10-3-2-9(15)6-12(10)16;1-2/h2-6,17H,1H3,(H,18,19);1-2H3. The molecule has 112 valence electrons. The van der Waals surface area contributed by atoms with Crippen LogP contribution in [0.1, 0.15) is 29.8 Å². The summed E-state index contributed by atoms with van der Waals surface area (Å²) in [6.07, 6.45) is 0. The Morgan fingerprint density at radius 3 is 2.24 bits per heavy atom. The van der Waals surface area contributed by atoms with Crippen molar-refractivity contribution in [2.75, 3.05) is 0 Å². The number of hydrogen-bond donors (Lipinski definition) is 2. The maximum Gasteiger partial charge on any atom is 0.339 e. The van der Waals surface area contributed by atoms with Gasteiger partial charge in [0.1, 0.15) is 22.9 Å². The average molecular weight is 294 g/mol. The van der Waals surface area contributed by atoms with Crippen LogP contribution in [0.4, 0.5) is 8.78 Å². The maximum absolute atomic E-state index is 13.7. The molecule has 0 aromatic heterocycles. The van der Waals surface area contributed by atoms with Crippen molar-refractivity contribution < 1.29 is 23.8 Å². The molecule has 0 spiro atoms. The number of benzene rings is 2. The number of rotatable bonds is 2. The van der Waals surface area contributed by atoms with Crippen molar-refractivity contribution in [1.29, 1.82) is 0 Å². The quantitative estimate of drug-likeness (QED) is 0.864. The lowest BCUT2D eigenvalue weighted by Crippen LogP contribution is -1.99. The molecular formula is C16H16F2O3. The first kappa shape index (κ1) is 16.6. The molecule has 0 aliphatic rings. The van der Waals surface area contributed by atoms with Crippen LogP contribution in [0.15, 0.2) is 30.3 Å². The van der Waals surface area contributed by atoms with Gasteiger partial charge in [0.05, 0.1) is 0 Å². The van der Waals surface area contributed by atoms with Crippen LogP contribution in [0.2, 0.25) is 0 Å². The van der Waals surface area contributed by atoms with Gasteiger partial charge in [0.25, 0.3) is 0 Å². The summed E-state index contributed by atoms with van der Waals surface area (Å²) in [5.41, 5.74) is 0.328. The lowest BCUT2D eigenvalue weighted by Gasteiger charge is -2.09. The largest absolute Gasteiger partial charge is 0.507 e. The summed E-state index contributed by atoms with van der Waals surface area (Å²) < 4.78 is 26.5. The van der Waals surface area contributed by atoms with Gasteiger partial charge >= 0.3 is 5.97 Å². The van der Waals surface area contributed by atoms with Crippen LogP contribution >= 0.6 is 0 Å². The van der Waals surface area contributed by atoms with E-state index in [1.54, 1.807) is 0 Å². The Bertz CT molecular complexity index is 667. The molecule has 21 heavy (non-hydrogen) atoms. The van der Waals surface area contributed by atoms with Gasteiger partial charge in [-0.1, -0.05) is 13.8 Å². The molecule has 0 bridgehead atoms. The van der Waals surface area contributed by atoms with Crippen LogP contribution in [-0.4, -0.2) is 16.2 Å². The highest BCUT2D eigenvalue weighted by Gasteiger charge is 2.16. The van der Waals surface area contributed by atoms with Gasteiger partial charge in [-0.15, -0.1) is 0 Å². The Labute approximate surface area is 121 Å². The minimum atomic E-state index is -1.31. The van der Waals surface area contributed by atoms with E-state index >= 15 is 0 Å². The van der Waals surface area contributed by atoms with Gasteiger partial charge in [-0.2, -0.15) is 0 Å². The third-order valence-corrected chi connectivity index (χ3v) is 2.77. The number of hydrogen-bond acceptors (Lipinski definition) is 2. The van der Waals surface area contributed by atoms with Crippen LogP contribution < -0.4 is 0 Å². The van der Waals surface area contributed by atoms with Crippen molar-refractivity contribution >= 4 is 5.97 Å². The summed E-state index contributed by atoms with van der Waals surface area (Å²) >= 11 is 0. The molecule has 0 radical (unpaired) electrons. The van der Waals surface area contributed by atoms with E-state index in [2.05, 4.69) is 0 Å². The summed E-state index contributed by atoms with van der Waals surface area (Å²) in [6, 6.07) is 5.63. The fourth-order valence-corrected chi connectivity index (χ4v) is 1.82. The van der Waals surface area contributed by atoms with E-state index in [0.29, 0.717) is 5.56 Å². The van der Waals surface area contributed by atoms with E-state index in [9.17, 15) is 18.7 Å². The van der Waals surface area contributed by atoms with Gasteiger partial charge in [-0.05, 0) is 42.3 Å². The van der Waals surface area contributed by atoms with E-state index < -0.39 is 17.6 Å². The van der Waals surface area contributed by atoms with Gasteiger partial charge in [-0.3, -0.25) is 0 Å². The van der Waals surface area contributed by atoms with Gasteiger partial charge < -0.3 is 10.2 Å². The van der Waals surface area contributed by atoms with E-state index in [1.165, 1.54) is 19.1 Å². The minimum absolute atomic E-state index is 0.0759. The molecule has 0 fully saturated rings. The second-order valence-corrected chi connectivity index (χ2v) is 4.12. The summed E-state index contributed by atoms with van der Waals surface area (Å²) in [6.45, 7) is 5.51. The van der Waals surface area contributed by atoms with Crippen molar-refractivity contribution in [3.63, 3.8) is 0 Å². The third-order valence-electron chi connectivity index (χ3n) is 2.77. The van der Waals surface area contributed by atoms with Crippen LogP contribution in [0.5, 0.6) is 5.75 Å². The molecule has 0 aliphatic carbocycles. The van der Waals surface area contributed by atoms with Crippen molar-refractivity contribution in [3.8, 4) is 16.9 Å². The highest BCUT2D eigenvalue weighted by atomic mass is 19.1. The fourth-order valence-electron chi connectivity index (χ4n) is 1.82. The second-order valence-electron chi connectivity index (χ2n) is 4.12. The van der Waals surface area contributed by atoms with Gasteiger partial charge in [0.15, 0.2) is 0 Å². The maximum atomic E-state index is 13.7. The molecule has 3 nitrogen and oxygen atoms in total. The van der Waals surface area contributed by atoms with Gasteiger partial charge in [0.2, 0.25) is 0 Å². The number of aromatic carboxylic acids is 1. The van der Waals surface area contributed by atoms with Gasteiger partial charge in [-0.25, -0.2) is 13.6 Å². The molecule has 0 heterocycles. The predicted octanol–water partition coefficient (Wildman–Crippen LogP) is 4.37. The Morgan fingerprint density at radius 2 is 1.71 bits per heavy atom. The Balaban J connectivity index is 0.00000106. The molecule has 0 atom stereocenters. The van der Waals surface area contributed by atoms with E-state index in [0.717, 1.165) is 18.2 Å². The SMILES string of the molecule is CC.Cc1cc(-c2ccc(F)cc2F)cc(C(=O)O)c1O. The van der Waals surface area contributed by atoms with Crippen molar-refractivity contribution in [2.45, 2.75) is 20.8 Å². The Hall–Kier alpha value is -2.43. The number of carboxylic acids is 1. The fraction of sp³-hybridized carbons (Fsp3) is 0.188. The summed E-state index contributed by atoms with van der Waals surface area (Å²) in [7, 11) is 0. The van der Waals surface area contributed by atoms with Gasteiger partial charge in [0, 0.05) is 11.6 Å². The van der Waals surface area contributed by atoms with E-state index in [-0.39, 0.29) is 22.4 Å². The van der Waals surface area contributed by atoms with Crippen molar-refractivity contribution in [1.82, 2.24) is 0 Å². The molecule has 0 saturated carbocycles. The molecule has 2 aromatic carbocycles. The average Bonchev–Trinajstić information content (AvgIpc) is 2.44. The molecule has 2 aromatic rings. The third kappa shape index (κ3) is 3.56. The first-order valence-electron chi connectivity index (χ1n) is 6.42. The molecule has 0 amide bonds. The van der Waals surface area contributed by atoms with Crippen LogP contribution in [-0.2, 0) is 0 Å². The smallest absolute Gasteiger partial charge is 0.339 e. The molecule has 5 heteroatoms. The lowest BCUT2D eigenvalue weighted by atomic mass is 9.98. The lowest BCUT2D eigenvalue weighted by molar-refractivity contribution is 0.0693. The Kier molecular flexibility index (Phi) is 5.41. The normalized spacial score (nSPS) is 9.76. The summed E-state index contributed by atoms with van der Waals surface area (Å²) in [5, 5.41) is 18.6. The van der Waals surface area contributed by atoms with Crippen molar-refractivity contribution in [3.05, 3.63) is 53.1 Å². The number of aryl methyl sites for hydroxylation is 1. The van der Waals surface area contributed by atoms with Crippen LogP contribution in [0.25, 0.3) is 11.1 Å². The van der Waals surface area contributed by atoms with E-state index in [4.69, 9.17) is 5.11 Å². The zero-order valence-corrected chi connectivity index (χ0v) is 11.9. The summed E-state index contributed by atoms with van der Waals surface area (Å²) in [4.78, 5) is 11.0. The molecule has 2 N–H and O–H groups in total. The highest BCUT2D eigenvalue weighted by molar-refractivity contribution is 5.93. The molecule has 0 saturated heterocycles. The first-order chi connectivity index (χ1) is 9.90. The van der Waals surface area contributed by atoms with Crippen LogP contribution in [0.3, 0.4) is 0 Å². The molecule has 0 unspecified atom stereocenters. The number of aromatic hydroxyl groups is 1. The summed E-state index contributed by atoms with van der Waals surface area (Å²) in [5.74, 6) is -3.18. The number of halogens is 2. The van der Waals surface area contributed by atoms with Crippen molar-refractivity contribution in [2.24, 2.45) is 0 Å². The number of phenols is 1. The second kappa shape index (κ2) is 6.83. The Morgan fingerprint density at radius 1 is 1.10 bits per heavy atom. The minimum Gasteiger partial charge on any atom is -0.507 e. The van der Waals surface area contributed by atoms with E-state index in [1.807, 2.05) is 13.8 Å². The molecular weight excluding hydrogens is 278 g/mol. The highest BCUT2D eigenvalue weighted by Crippen LogP contribution is 2.31. The number of carboxylic acid groups (broad SMARTS) is 1. The first-order valence-corrected chi connectivity index (χ1v) is 6.42. The predicted molar refractivity (Wildman–Crippen MR) is 76.5 cm³/mol. The molecule has 2 rings (SSSR count). The zero-order valence-electron chi connectivity index (χ0n) is 11.9. The van der Waals surface area contributed by atoms with Crippen LogP contribution in [0, 0.1) is 18.6 Å².